The molecule has 0 radical (unpaired) electrons. The second kappa shape index (κ2) is 7.07. The summed E-state index contributed by atoms with van der Waals surface area (Å²) in [5.74, 6) is 0.428. The highest BCUT2D eigenvalue weighted by Crippen LogP contribution is 2.24. The summed E-state index contributed by atoms with van der Waals surface area (Å²) in [6, 6.07) is 7.78. The van der Waals surface area contributed by atoms with E-state index in [1.165, 1.54) is 16.9 Å². The summed E-state index contributed by atoms with van der Waals surface area (Å²) in [5.41, 5.74) is 1.18. The fourth-order valence-corrected chi connectivity index (χ4v) is 3.51. The number of allylic oxidation sites excluding steroid dienone is 2. The molecule has 0 fully saturated rings. The van der Waals surface area contributed by atoms with E-state index in [0.29, 0.717) is 17.5 Å². The highest BCUT2D eigenvalue weighted by molar-refractivity contribution is 7.15. The number of amides is 1. The summed E-state index contributed by atoms with van der Waals surface area (Å²) in [6.45, 7) is 0. The number of hydrogen-bond donors (Lipinski definition) is 1. The molecule has 1 aromatic carbocycles. The largest absolute Gasteiger partial charge is 0.302 e. The number of nitrogens with one attached hydrogen (secondary N) is 1. The van der Waals surface area contributed by atoms with Crippen molar-refractivity contribution in [3.8, 4) is 0 Å². The fourth-order valence-electron chi connectivity index (χ4n) is 2.52. The van der Waals surface area contributed by atoms with Gasteiger partial charge in [0.05, 0.1) is 0 Å². The summed E-state index contributed by atoms with van der Waals surface area (Å²) in [5, 5.41) is 4.31. The average Bonchev–Trinajstić information content (AvgIpc) is 3.14. The molecule has 1 heterocycles. The molecule has 114 valence electrons. The van der Waals surface area contributed by atoms with Crippen LogP contribution in [-0.2, 0) is 11.2 Å². The van der Waals surface area contributed by atoms with Crippen LogP contribution in [0.5, 0.6) is 0 Å². The number of benzene rings is 1. The summed E-state index contributed by atoms with van der Waals surface area (Å²) in [4.78, 5) is 17.4. The van der Waals surface area contributed by atoms with E-state index in [0.717, 1.165) is 29.2 Å². The van der Waals surface area contributed by atoms with E-state index in [1.54, 1.807) is 0 Å². The van der Waals surface area contributed by atoms with Crippen molar-refractivity contribution in [1.29, 1.82) is 0 Å². The maximum Gasteiger partial charge on any atom is 0.226 e. The van der Waals surface area contributed by atoms with Crippen molar-refractivity contribution in [1.82, 2.24) is 4.98 Å². The number of anilines is 1. The van der Waals surface area contributed by atoms with Crippen molar-refractivity contribution in [3.63, 3.8) is 0 Å². The number of hydrogen-bond acceptors (Lipinski definition) is 3. The topological polar surface area (TPSA) is 42.0 Å². The maximum absolute atomic E-state index is 12.0. The van der Waals surface area contributed by atoms with Gasteiger partial charge in [-0.25, -0.2) is 4.98 Å². The Morgan fingerprint density at radius 3 is 2.91 bits per heavy atom. The molecular formula is C17H17ClN2OS. The lowest BCUT2D eigenvalue weighted by Crippen LogP contribution is -2.14. The smallest absolute Gasteiger partial charge is 0.226 e. The maximum atomic E-state index is 12.0. The third-order valence-electron chi connectivity index (χ3n) is 3.65. The third kappa shape index (κ3) is 4.18. The van der Waals surface area contributed by atoms with Gasteiger partial charge in [0.1, 0.15) is 0 Å². The minimum Gasteiger partial charge on any atom is -0.302 e. The standard InChI is InChI=1S/C17H17ClN2OS/c18-14-7-5-13(6-8-14)9-15-11-19-17(22-15)20-16(21)10-12-3-1-2-4-12/h1,3,5-8,11-12H,2,4,9-10H2,(H,19,20,21). The second-order valence-corrected chi connectivity index (χ2v) is 7.00. The zero-order valence-electron chi connectivity index (χ0n) is 12.1. The molecule has 0 saturated heterocycles. The lowest BCUT2D eigenvalue weighted by Gasteiger charge is -2.06. The van der Waals surface area contributed by atoms with Crippen LogP contribution in [0, 0.1) is 5.92 Å². The minimum absolute atomic E-state index is 0.0453. The molecule has 1 aromatic heterocycles. The van der Waals surface area contributed by atoms with Crippen LogP contribution in [0.25, 0.3) is 0 Å². The number of halogens is 1. The Morgan fingerprint density at radius 1 is 1.36 bits per heavy atom. The van der Waals surface area contributed by atoms with Gasteiger partial charge in [-0.1, -0.05) is 35.9 Å². The van der Waals surface area contributed by atoms with Gasteiger partial charge < -0.3 is 5.32 Å². The number of carbonyl (C=O) groups is 1. The van der Waals surface area contributed by atoms with Crippen LogP contribution in [0.4, 0.5) is 5.13 Å². The number of aromatic nitrogens is 1. The molecule has 0 spiro atoms. The zero-order valence-corrected chi connectivity index (χ0v) is 13.7. The van der Waals surface area contributed by atoms with E-state index in [4.69, 9.17) is 11.6 Å². The highest BCUT2D eigenvalue weighted by Gasteiger charge is 2.15. The molecule has 1 aliphatic carbocycles. The van der Waals surface area contributed by atoms with Crippen molar-refractivity contribution in [2.24, 2.45) is 5.92 Å². The van der Waals surface area contributed by atoms with Crippen molar-refractivity contribution < 1.29 is 4.79 Å². The van der Waals surface area contributed by atoms with E-state index in [1.807, 2.05) is 30.5 Å². The fraction of sp³-hybridized carbons (Fsp3) is 0.294. The number of nitrogens with zero attached hydrogens (tertiary/aromatic N) is 1. The first-order chi connectivity index (χ1) is 10.7. The van der Waals surface area contributed by atoms with Crippen molar-refractivity contribution in [3.05, 3.63) is 58.1 Å². The monoisotopic (exact) mass is 332 g/mol. The first kappa shape index (κ1) is 15.3. The molecular weight excluding hydrogens is 316 g/mol. The molecule has 0 saturated carbocycles. The van der Waals surface area contributed by atoms with Gasteiger partial charge in [0.15, 0.2) is 5.13 Å². The Bertz CT molecular complexity index is 678. The lowest BCUT2D eigenvalue weighted by atomic mass is 10.1. The van der Waals surface area contributed by atoms with Gasteiger partial charge in [0.25, 0.3) is 0 Å². The molecule has 1 unspecified atom stereocenters. The van der Waals surface area contributed by atoms with Crippen LogP contribution in [0.1, 0.15) is 29.7 Å². The molecule has 5 heteroatoms. The zero-order chi connectivity index (χ0) is 15.4. The van der Waals surface area contributed by atoms with Crippen LogP contribution in [0.15, 0.2) is 42.6 Å². The summed E-state index contributed by atoms with van der Waals surface area (Å²) in [7, 11) is 0. The van der Waals surface area contributed by atoms with Crippen LogP contribution in [0.3, 0.4) is 0 Å². The normalized spacial score (nSPS) is 16.9. The molecule has 1 N–H and O–H groups in total. The Balaban J connectivity index is 1.55. The van der Waals surface area contributed by atoms with Gasteiger partial charge in [0, 0.05) is 28.9 Å². The molecule has 1 atom stereocenters. The van der Waals surface area contributed by atoms with E-state index in [2.05, 4.69) is 22.5 Å². The van der Waals surface area contributed by atoms with Crippen LogP contribution >= 0.6 is 22.9 Å². The summed E-state index contributed by atoms with van der Waals surface area (Å²) in [6.07, 6.45) is 9.61. The third-order valence-corrected chi connectivity index (χ3v) is 4.82. The Morgan fingerprint density at radius 2 is 2.18 bits per heavy atom. The molecule has 2 aromatic rings. The molecule has 3 rings (SSSR count). The first-order valence-electron chi connectivity index (χ1n) is 7.35. The Hall–Kier alpha value is -1.65. The number of carbonyl (C=O) groups excluding carboxylic acids is 1. The SMILES string of the molecule is O=C(CC1C=CCC1)Nc1ncc(Cc2ccc(Cl)cc2)s1. The molecule has 3 nitrogen and oxygen atoms in total. The average molecular weight is 333 g/mol. The van der Waals surface area contributed by atoms with Crippen molar-refractivity contribution in [2.45, 2.75) is 25.7 Å². The van der Waals surface area contributed by atoms with E-state index in [9.17, 15) is 4.79 Å². The van der Waals surface area contributed by atoms with Crippen LogP contribution < -0.4 is 5.32 Å². The lowest BCUT2D eigenvalue weighted by molar-refractivity contribution is -0.116. The molecule has 22 heavy (non-hydrogen) atoms. The molecule has 0 bridgehead atoms. The van der Waals surface area contributed by atoms with Gasteiger partial charge in [-0.3, -0.25) is 4.79 Å². The van der Waals surface area contributed by atoms with Gasteiger partial charge in [0.2, 0.25) is 5.91 Å². The molecule has 1 amide bonds. The van der Waals surface area contributed by atoms with Gasteiger partial charge in [-0.05, 0) is 36.5 Å². The van der Waals surface area contributed by atoms with Crippen LogP contribution in [0.2, 0.25) is 5.02 Å². The van der Waals surface area contributed by atoms with Gasteiger partial charge in [-0.15, -0.1) is 11.3 Å². The molecule has 1 aliphatic rings. The van der Waals surface area contributed by atoms with Gasteiger partial charge in [-0.2, -0.15) is 0 Å². The summed E-state index contributed by atoms with van der Waals surface area (Å²) < 4.78 is 0. The van der Waals surface area contributed by atoms with Crippen LogP contribution in [-0.4, -0.2) is 10.9 Å². The Labute approximate surface area is 139 Å². The predicted octanol–water partition coefficient (Wildman–Crippen LogP) is 4.68. The van der Waals surface area contributed by atoms with E-state index >= 15 is 0 Å². The molecule has 0 aliphatic heterocycles. The number of rotatable bonds is 5. The second-order valence-electron chi connectivity index (χ2n) is 5.45. The van der Waals surface area contributed by atoms with E-state index < -0.39 is 0 Å². The summed E-state index contributed by atoms with van der Waals surface area (Å²) >= 11 is 7.41. The quantitative estimate of drug-likeness (QED) is 0.807. The van der Waals surface area contributed by atoms with E-state index in [-0.39, 0.29) is 5.91 Å². The Kier molecular flexibility index (Phi) is 4.90. The highest BCUT2D eigenvalue weighted by atomic mass is 35.5. The predicted molar refractivity (Wildman–Crippen MR) is 91.5 cm³/mol. The first-order valence-corrected chi connectivity index (χ1v) is 8.54. The van der Waals surface area contributed by atoms with Gasteiger partial charge >= 0.3 is 0 Å². The van der Waals surface area contributed by atoms with Crippen molar-refractivity contribution in [2.75, 3.05) is 5.32 Å². The van der Waals surface area contributed by atoms with Crippen molar-refractivity contribution >= 4 is 34.0 Å². The number of thiazole rings is 1. The minimum atomic E-state index is 0.0453.